The smallest absolute Gasteiger partial charge is 0.122 e. The molecule has 0 saturated heterocycles. The lowest BCUT2D eigenvalue weighted by atomic mass is 10.0. The molecule has 0 aliphatic carbocycles. The summed E-state index contributed by atoms with van der Waals surface area (Å²) in [5, 5.41) is 0.813. The monoisotopic (exact) mass is 299 g/mol. The zero-order chi connectivity index (χ0) is 14.4. The highest BCUT2D eigenvalue weighted by Gasteiger charge is 2.09. The summed E-state index contributed by atoms with van der Waals surface area (Å²) in [6.45, 7) is 6.95. The van der Waals surface area contributed by atoms with Gasteiger partial charge in [0.25, 0.3) is 0 Å². The van der Waals surface area contributed by atoms with E-state index in [9.17, 15) is 0 Å². The molecule has 2 nitrogen and oxygen atoms in total. The van der Waals surface area contributed by atoms with E-state index in [0.717, 1.165) is 41.2 Å². The van der Waals surface area contributed by atoms with Crippen LogP contribution in [0.4, 0.5) is 0 Å². The number of nitrogens with two attached hydrogens (primary N) is 1. The second-order valence-corrected chi connectivity index (χ2v) is 6.00. The lowest BCUT2D eigenvalue weighted by Crippen LogP contribution is -2.08. The van der Waals surface area contributed by atoms with Gasteiger partial charge in [-0.15, -0.1) is 0 Å². The summed E-state index contributed by atoms with van der Waals surface area (Å²) in [7, 11) is 0. The number of benzene rings is 1. The summed E-state index contributed by atoms with van der Waals surface area (Å²) in [5.74, 6) is 1.31. The van der Waals surface area contributed by atoms with Crippen LogP contribution in [0.1, 0.15) is 50.2 Å². The van der Waals surface area contributed by atoms with Gasteiger partial charge in [-0.2, -0.15) is 0 Å². The van der Waals surface area contributed by atoms with E-state index >= 15 is 0 Å². The van der Waals surface area contributed by atoms with Gasteiger partial charge >= 0.3 is 0 Å². The Morgan fingerprint density at radius 1 is 1.37 bits per heavy atom. The molecule has 0 aliphatic heterocycles. The van der Waals surface area contributed by atoms with Gasteiger partial charge in [-0.1, -0.05) is 37.7 Å². The van der Waals surface area contributed by atoms with Gasteiger partial charge in [-0.05, 0) is 55.4 Å². The van der Waals surface area contributed by atoms with Crippen LogP contribution in [0.2, 0.25) is 5.02 Å². The molecule has 19 heavy (non-hydrogen) atoms. The zero-order valence-electron chi connectivity index (χ0n) is 11.8. The van der Waals surface area contributed by atoms with Gasteiger partial charge in [-0.25, -0.2) is 0 Å². The molecule has 1 aromatic carbocycles. The molecule has 0 aromatic heterocycles. The number of unbranched alkanes of at least 4 members (excludes halogenated alkanes) is 1. The summed E-state index contributed by atoms with van der Waals surface area (Å²) in [6.07, 6.45) is 2.71. The van der Waals surface area contributed by atoms with E-state index in [1.54, 1.807) is 0 Å². The van der Waals surface area contributed by atoms with E-state index < -0.39 is 0 Å². The summed E-state index contributed by atoms with van der Waals surface area (Å²) in [4.78, 5) is 0.574. The lowest BCUT2D eigenvalue weighted by Gasteiger charge is -2.14. The molecule has 0 amide bonds. The molecule has 0 bridgehead atoms. The number of rotatable bonds is 7. The number of thiocarbonyl (C=S) groups is 1. The van der Waals surface area contributed by atoms with E-state index in [2.05, 4.69) is 19.9 Å². The molecular formula is C15H22ClNOS. The second-order valence-electron chi connectivity index (χ2n) is 5.07. The van der Waals surface area contributed by atoms with Crippen molar-refractivity contribution in [2.24, 2.45) is 5.73 Å². The van der Waals surface area contributed by atoms with Crippen LogP contribution in [0.3, 0.4) is 0 Å². The van der Waals surface area contributed by atoms with Crippen molar-refractivity contribution in [3.8, 4) is 5.75 Å². The molecule has 0 spiro atoms. The third kappa shape index (κ3) is 5.37. The predicted molar refractivity (Wildman–Crippen MR) is 86.4 cm³/mol. The fourth-order valence-corrected chi connectivity index (χ4v) is 2.43. The molecule has 1 aromatic rings. The van der Waals surface area contributed by atoms with Crippen LogP contribution in [-0.2, 0) is 0 Å². The maximum absolute atomic E-state index is 6.23. The Bertz CT molecular complexity index is 446. The Kier molecular flexibility index (Phi) is 6.59. The molecule has 0 aliphatic rings. The number of ether oxygens (including phenoxy) is 1. The average Bonchev–Trinajstić information content (AvgIpc) is 2.30. The highest BCUT2D eigenvalue weighted by Crippen LogP contribution is 2.31. The highest BCUT2D eigenvalue weighted by molar-refractivity contribution is 7.80. The molecule has 0 saturated carbocycles. The Hall–Kier alpha value is -0.800. The van der Waals surface area contributed by atoms with Gasteiger partial charge in [0.1, 0.15) is 5.75 Å². The van der Waals surface area contributed by atoms with Crippen LogP contribution in [0.15, 0.2) is 12.1 Å². The van der Waals surface area contributed by atoms with Crippen LogP contribution >= 0.6 is 23.8 Å². The molecule has 106 valence electrons. The van der Waals surface area contributed by atoms with Gasteiger partial charge in [0.15, 0.2) is 0 Å². The average molecular weight is 300 g/mol. The second kappa shape index (κ2) is 7.71. The number of hydrogen-bond acceptors (Lipinski definition) is 2. The van der Waals surface area contributed by atoms with E-state index in [1.807, 2.05) is 13.0 Å². The maximum Gasteiger partial charge on any atom is 0.122 e. The maximum atomic E-state index is 6.23. The molecular weight excluding hydrogens is 278 g/mol. The van der Waals surface area contributed by atoms with Crippen LogP contribution in [0.5, 0.6) is 5.75 Å². The van der Waals surface area contributed by atoms with E-state index in [1.165, 1.54) is 0 Å². The number of hydrogen-bond donors (Lipinski definition) is 1. The first-order valence-electron chi connectivity index (χ1n) is 6.63. The third-order valence-corrected chi connectivity index (χ3v) is 3.52. The minimum Gasteiger partial charge on any atom is -0.493 e. The minimum absolute atomic E-state index is 0.394. The van der Waals surface area contributed by atoms with Gasteiger partial charge in [-0.3, -0.25) is 0 Å². The Morgan fingerprint density at radius 2 is 2.05 bits per heavy atom. The van der Waals surface area contributed by atoms with Crippen molar-refractivity contribution in [1.29, 1.82) is 0 Å². The first kappa shape index (κ1) is 16.3. The van der Waals surface area contributed by atoms with Crippen LogP contribution in [0.25, 0.3) is 0 Å². The summed E-state index contributed by atoms with van der Waals surface area (Å²) < 4.78 is 5.82. The van der Waals surface area contributed by atoms with Gasteiger partial charge < -0.3 is 10.5 Å². The molecule has 0 atom stereocenters. The number of aryl methyl sites for hydroxylation is 1. The summed E-state index contributed by atoms with van der Waals surface area (Å²) >= 11 is 11.1. The van der Waals surface area contributed by atoms with Crippen molar-refractivity contribution in [2.75, 3.05) is 6.61 Å². The molecule has 0 heterocycles. The fraction of sp³-hybridized carbons (Fsp3) is 0.533. The summed E-state index contributed by atoms with van der Waals surface area (Å²) in [6, 6.07) is 4.02. The van der Waals surface area contributed by atoms with Crippen molar-refractivity contribution >= 4 is 28.8 Å². The van der Waals surface area contributed by atoms with Gasteiger partial charge in [0, 0.05) is 5.02 Å². The standard InChI is InChI=1S/C15H22ClNOS/c1-10(2)12-9-14(11(3)8-13(12)16)18-7-5-4-6-15(17)19/h8-10H,4-7H2,1-3H3,(H2,17,19). The summed E-state index contributed by atoms with van der Waals surface area (Å²) in [5.41, 5.74) is 7.66. The zero-order valence-corrected chi connectivity index (χ0v) is 13.4. The van der Waals surface area contributed by atoms with Crippen LogP contribution in [0, 0.1) is 6.92 Å². The molecule has 0 unspecified atom stereocenters. The van der Waals surface area contributed by atoms with Crippen molar-refractivity contribution in [1.82, 2.24) is 0 Å². The van der Waals surface area contributed by atoms with E-state index in [0.29, 0.717) is 17.5 Å². The minimum atomic E-state index is 0.394. The largest absolute Gasteiger partial charge is 0.493 e. The van der Waals surface area contributed by atoms with E-state index in [-0.39, 0.29) is 0 Å². The van der Waals surface area contributed by atoms with Crippen LogP contribution in [-0.4, -0.2) is 11.6 Å². The van der Waals surface area contributed by atoms with Crippen molar-refractivity contribution < 1.29 is 4.74 Å². The molecule has 2 N–H and O–H groups in total. The Labute approximate surface area is 126 Å². The van der Waals surface area contributed by atoms with E-state index in [4.69, 9.17) is 34.3 Å². The van der Waals surface area contributed by atoms with Crippen LogP contribution < -0.4 is 10.5 Å². The normalized spacial score (nSPS) is 10.8. The van der Waals surface area contributed by atoms with Gasteiger partial charge in [0.05, 0.1) is 11.6 Å². The topological polar surface area (TPSA) is 35.2 Å². The first-order valence-corrected chi connectivity index (χ1v) is 7.41. The first-order chi connectivity index (χ1) is 8.91. The molecule has 4 heteroatoms. The SMILES string of the molecule is Cc1cc(Cl)c(C(C)C)cc1OCCCCC(N)=S. The van der Waals surface area contributed by atoms with Gasteiger partial charge in [0.2, 0.25) is 0 Å². The molecule has 1 rings (SSSR count). The molecule has 0 fully saturated rings. The lowest BCUT2D eigenvalue weighted by molar-refractivity contribution is 0.305. The van der Waals surface area contributed by atoms with Crippen molar-refractivity contribution in [2.45, 2.75) is 46.0 Å². The third-order valence-electron chi connectivity index (χ3n) is 2.99. The Balaban J connectivity index is 2.58. The predicted octanol–water partition coefficient (Wildman–Crippen LogP) is 4.61. The molecule has 0 radical (unpaired) electrons. The quantitative estimate of drug-likeness (QED) is 0.590. The van der Waals surface area contributed by atoms with Crippen molar-refractivity contribution in [3.05, 3.63) is 28.3 Å². The Morgan fingerprint density at radius 3 is 2.63 bits per heavy atom. The van der Waals surface area contributed by atoms with Crippen molar-refractivity contribution in [3.63, 3.8) is 0 Å². The highest BCUT2D eigenvalue weighted by atomic mass is 35.5. The number of halogens is 1. The fourth-order valence-electron chi connectivity index (χ4n) is 1.85.